The van der Waals surface area contributed by atoms with Crippen LogP contribution in [-0.2, 0) is 16.1 Å². The molecule has 1 aliphatic heterocycles. The number of rotatable bonds is 6. The fourth-order valence-electron chi connectivity index (χ4n) is 4.31. The lowest BCUT2D eigenvalue weighted by Crippen LogP contribution is -2.51. The molecule has 0 atom stereocenters. The Morgan fingerprint density at radius 1 is 0.917 bits per heavy atom. The number of carbonyl (C=O) groups is 3. The number of ketones is 1. The monoisotopic (exact) mass is 495 g/mol. The van der Waals surface area contributed by atoms with Crippen molar-refractivity contribution in [2.45, 2.75) is 6.54 Å². The summed E-state index contributed by atoms with van der Waals surface area (Å²) in [6.45, 7) is 0.0583. The number of fused-ring (bicyclic) bond motifs is 1. The molecule has 0 saturated carbocycles. The van der Waals surface area contributed by atoms with E-state index in [1.807, 2.05) is 59.2 Å². The van der Waals surface area contributed by atoms with Gasteiger partial charge >= 0.3 is 0 Å². The highest BCUT2D eigenvalue weighted by Crippen LogP contribution is 2.36. The van der Waals surface area contributed by atoms with E-state index in [9.17, 15) is 14.4 Å². The molecular formula is C28H21N3O4S. The number of methoxy groups -OCH3 is 1. The normalized spacial score (nSPS) is 13.4. The maximum absolute atomic E-state index is 13.4. The van der Waals surface area contributed by atoms with Crippen molar-refractivity contribution in [3.05, 3.63) is 95.6 Å². The van der Waals surface area contributed by atoms with Gasteiger partial charge in [-0.15, -0.1) is 0 Å². The first kappa shape index (κ1) is 23.2. The summed E-state index contributed by atoms with van der Waals surface area (Å²) in [5, 5.41) is 5.73. The number of hydrogen-bond donors (Lipinski definition) is 2. The molecule has 5 rings (SSSR count). The van der Waals surface area contributed by atoms with Gasteiger partial charge in [0.05, 0.1) is 19.3 Å². The van der Waals surface area contributed by atoms with Gasteiger partial charge in [-0.05, 0) is 54.2 Å². The number of para-hydroxylation sites is 1. The molecule has 7 nitrogen and oxygen atoms in total. The maximum atomic E-state index is 13.4. The van der Waals surface area contributed by atoms with Gasteiger partial charge in [0, 0.05) is 22.0 Å². The third-order valence-electron chi connectivity index (χ3n) is 6.00. The average molecular weight is 496 g/mol. The molecule has 2 amide bonds. The van der Waals surface area contributed by atoms with Crippen molar-refractivity contribution in [2.24, 2.45) is 0 Å². The molecule has 1 saturated heterocycles. The Labute approximate surface area is 212 Å². The lowest BCUT2D eigenvalue weighted by atomic mass is 10.0. The lowest BCUT2D eigenvalue weighted by molar-refractivity contribution is -0.123. The molecule has 1 aliphatic rings. The van der Waals surface area contributed by atoms with Gasteiger partial charge in [0.25, 0.3) is 11.8 Å². The summed E-state index contributed by atoms with van der Waals surface area (Å²) >= 11 is 4.93. The van der Waals surface area contributed by atoms with Crippen LogP contribution in [0.1, 0.15) is 15.9 Å². The summed E-state index contributed by atoms with van der Waals surface area (Å²) in [6.07, 6.45) is 1.56. The standard InChI is InChI=1S/C28H21N3O4S/c1-35-19-13-11-17(12-14-19)24(32)16-31-23-10-6-5-9-20(23)21(25(31)18-7-3-2-4-8-18)15-22-26(33)29-28(36)30-27(22)34/h2-15H,16H2,1H3,(H2,29,30,33,34,36). The molecular weight excluding hydrogens is 474 g/mol. The van der Waals surface area contributed by atoms with E-state index in [1.165, 1.54) is 0 Å². The molecule has 178 valence electrons. The molecule has 0 spiro atoms. The smallest absolute Gasteiger partial charge is 0.263 e. The van der Waals surface area contributed by atoms with Crippen molar-refractivity contribution in [1.29, 1.82) is 0 Å². The van der Waals surface area contributed by atoms with E-state index in [2.05, 4.69) is 10.6 Å². The van der Waals surface area contributed by atoms with E-state index < -0.39 is 11.8 Å². The predicted molar refractivity (Wildman–Crippen MR) is 142 cm³/mol. The Hall–Kier alpha value is -4.56. The van der Waals surface area contributed by atoms with Crippen molar-refractivity contribution in [3.8, 4) is 17.0 Å². The van der Waals surface area contributed by atoms with E-state index in [4.69, 9.17) is 17.0 Å². The molecule has 2 N–H and O–H groups in total. The topological polar surface area (TPSA) is 89.4 Å². The Morgan fingerprint density at radius 3 is 2.22 bits per heavy atom. The highest BCUT2D eigenvalue weighted by atomic mass is 32.1. The van der Waals surface area contributed by atoms with Gasteiger partial charge in [0.2, 0.25) is 0 Å². The second-order valence-electron chi connectivity index (χ2n) is 8.18. The highest BCUT2D eigenvalue weighted by Gasteiger charge is 2.28. The van der Waals surface area contributed by atoms with Gasteiger partial charge in [-0.25, -0.2) is 0 Å². The summed E-state index contributed by atoms with van der Waals surface area (Å²) in [4.78, 5) is 38.6. The number of carbonyl (C=O) groups excluding carboxylic acids is 3. The molecule has 2 heterocycles. The number of ether oxygens (including phenoxy) is 1. The van der Waals surface area contributed by atoms with Crippen LogP contribution in [0.4, 0.5) is 0 Å². The van der Waals surface area contributed by atoms with Crippen molar-refractivity contribution in [3.63, 3.8) is 0 Å². The minimum Gasteiger partial charge on any atom is -0.497 e. The molecule has 3 aromatic carbocycles. The van der Waals surface area contributed by atoms with Gasteiger partial charge in [0.15, 0.2) is 10.9 Å². The van der Waals surface area contributed by atoms with Crippen LogP contribution >= 0.6 is 12.2 Å². The van der Waals surface area contributed by atoms with Crippen LogP contribution in [0.25, 0.3) is 28.2 Å². The van der Waals surface area contributed by atoms with Crippen LogP contribution in [-0.4, -0.2) is 34.4 Å². The summed E-state index contributed by atoms with van der Waals surface area (Å²) < 4.78 is 7.13. The van der Waals surface area contributed by atoms with E-state index in [0.29, 0.717) is 16.9 Å². The van der Waals surface area contributed by atoms with Gasteiger partial charge < -0.3 is 9.30 Å². The molecule has 8 heteroatoms. The second-order valence-corrected chi connectivity index (χ2v) is 8.59. The van der Waals surface area contributed by atoms with Gasteiger partial charge in [-0.2, -0.15) is 0 Å². The summed E-state index contributed by atoms with van der Waals surface area (Å²) in [6, 6.07) is 24.1. The third-order valence-corrected chi connectivity index (χ3v) is 6.21. The summed E-state index contributed by atoms with van der Waals surface area (Å²) in [5.74, 6) is -0.573. The van der Waals surface area contributed by atoms with E-state index in [1.54, 1.807) is 37.5 Å². The lowest BCUT2D eigenvalue weighted by Gasteiger charge is -2.17. The zero-order valence-electron chi connectivity index (χ0n) is 19.3. The number of nitrogens with one attached hydrogen (secondary N) is 2. The van der Waals surface area contributed by atoms with Gasteiger partial charge in [-0.3, -0.25) is 25.0 Å². The van der Waals surface area contributed by atoms with Crippen LogP contribution in [0.2, 0.25) is 0 Å². The van der Waals surface area contributed by atoms with E-state index in [-0.39, 0.29) is 23.0 Å². The van der Waals surface area contributed by atoms with Gasteiger partial charge in [0.1, 0.15) is 11.3 Å². The highest BCUT2D eigenvalue weighted by molar-refractivity contribution is 7.80. The third kappa shape index (κ3) is 4.30. The SMILES string of the molecule is COc1ccc(C(=O)Cn2c(-c3ccccc3)c(C=C3C(=O)NC(=S)NC3=O)c3ccccc32)cc1. The first-order chi connectivity index (χ1) is 17.5. The first-order valence-corrected chi connectivity index (χ1v) is 11.6. The van der Waals surface area contributed by atoms with Crippen molar-refractivity contribution in [1.82, 2.24) is 15.2 Å². The van der Waals surface area contributed by atoms with Crippen LogP contribution in [0, 0.1) is 0 Å². The molecule has 1 aromatic heterocycles. The van der Waals surface area contributed by atoms with Crippen LogP contribution < -0.4 is 15.4 Å². The molecule has 0 bridgehead atoms. The Balaban J connectivity index is 1.70. The second kappa shape index (κ2) is 9.59. The number of amides is 2. The van der Waals surface area contributed by atoms with Crippen LogP contribution in [0.3, 0.4) is 0 Å². The Bertz CT molecular complexity index is 1530. The fourth-order valence-corrected chi connectivity index (χ4v) is 4.50. The Morgan fingerprint density at radius 2 is 1.56 bits per heavy atom. The number of nitrogens with zero attached hydrogens (tertiary/aromatic N) is 1. The minimum atomic E-state index is -0.575. The summed E-state index contributed by atoms with van der Waals surface area (Å²) in [5.41, 5.74) is 3.51. The van der Waals surface area contributed by atoms with Crippen LogP contribution in [0.15, 0.2) is 84.4 Å². The number of aromatic nitrogens is 1. The van der Waals surface area contributed by atoms with Crippen molar-refractivity contribution < 1.29 is 19.1 Å². The molecule has 0 radical (unpaired) electrons. The van der Waals surface area contributed by atoms with Gasteiger partial charge in [-0.1, -0.05) is 48.5 Å². The Kier molecular flexibility index (Phi) is 6.18. The zero-order chi connectivity index (χ0) is 25.2. The maximum Gasteiger partial charge on any atom is 0.263 e. The van der Waals surface area contributed by atoms with Crippen LogP contribution in [0.5, 0.6) is 5.75 Å². The number of thiocarbonyl (C=S) groups is 1. The fraction of sp³-hybridized carbons (Fsp3) is 0.0714. The summed E-state index contributed by atoms with van der Waals surface area (Å²) in [7, 11) is 1.57. The first-order valence-electron chi connectivity index (χ1n) is 11.2. The van der Waals surface area contributed by atoms with Crippen molar-refractivity contribution >= 4 is 51.9 Å². The minimum absolute atomic E-state index is 0.0297. The molecule has 0 unspecified atom stereocenters. The zero-order valence-corrected chi connectivity index (χ0v) is 20.1. The van der Waals surface area contributed by atoms with E-state index >= 15 is 0 Å². The molecule has 1 fully saturated rings. The van der Waals surface area contributed by atoms with E-state index in [0.717, 1.165) is 22.2 Å². The molecule has 36 heavy (non-hydrogen) atoms. The largest absolute Gasteiger partial charge is 0.497 e. The molecule has 0 aliphatic carbocycles. The number of hydrogen-bond acceptors (Lipinski definition) is 5. The number of Topliss-reactive ketones (excluding diaryl/α,β-unsaturated/α-hetero) is 1. The quantitative estimate of drug-likeness (QED) is 0.182. The average Bonchev–Trinajstić information content (AvgIpc) is 3.19. The number of benzene rings is 3. The van der Waals surface area contributed by atoms with Crippen molar-refractivity contribution in [2.75, 3.05) is 7.11 Å². The predicted octanol–water partition coefficient (Wildman–Crippen LogP) is 4.11. The molecule has 4 aromatic rings.